The molecule has 7 atom stereocenters. The highest BCUT2D eigenvalue weighted by atomic mass is 16.6. The molecule has 0 unspecified atom stereocenters. The second-order valence-electron chi connectivity index (χ2n) is 10.6. The number of furan rings is 1. The van der Waals surface area contributed by atoms with E-state index in [9.17, 15) is 9.59 Å². The fourth-order valence-corrected chi connectivity index (χ4v) is 7.41. The lowest BCUT2D eigenvalue weighted by molar-refractivity contribution is -0.146. The van der Waals surface area contributed by atoms with E-state index in [0.717, 1.165) is 19.5 Å². The van der Waals surface area contributed by atoms with Crippen molar-refractivity contribution >= 4 is 11.9 Å². The zero-order chi connectivity index (χ0) is 21.4. The summed E-state index contributed by atoms with van der Waals surface area (Å²) in [5, 5.41) is 0. The van der Waals surface area contributed by atoms with Crippen LogP contribution in [0.15, 0.2) is 22.8 Å². The molecular weight excluding hydrogens is 396 g/mol. The Morgan fingerprint density at radius 2 is 2.06 bits per heavy atom. The lowest BCUT2D eigenvalue weighted by Gasteiger charge is -2.49. The third-order valence-corrected chi connectivity index (χ3v) is 9.04. The highest BCUT2D eigenvalue weighted by Gasteiger charge is 2.78. The fraction of sp³-hybridized carbons (Fsp3) is 0.750. The summed E-state index contributed by atoms with van der Waals surface area (Å²) in [7, 11) is 0. The van der Waals surface area contributed by atoms with Crippen molar-refractivity contribution in [1.82, 2.24) is 9.80 Å². The molecular formula is C24H32N2O5. The van der Waals surface area contributed by atoms with Crippen LogP contribution in [0.5, 0.6) is 0 Å². The van der Waals surface area contributed by atoms with Crippen molar-refractivity contribution in [3.8, 4) is 0 Å². The maximum Gasteiger partial charge on any atom is 0.311 e. The first-order valence-corrected chi connectivity index (χ1v) is 11.9. The molecule has 4 heterocycles. The Morgan fingerprint density at radius 3 is 2.81 bits per heavy atom. The minimum atomic E-state index is -0.125. The monoisotopic (exact) mass is 428 g/mol. The van der Waals surface area contributed by atoms with Gasteiger partial charge in [-0.3, -0.25) is 14.5 Å². The zero-order valence-corrected chi connectivity index (χ0v) is 18.4. The normalized spacial score (nSPS) is 44.3. The standard InChI is InChI=1S/C24H32N2O5/c1-15-5-3-7-23(2)13-18-19(20-24(15,23)31-20)16(22(28)30-18)14-25-8-10-26(11-9-25)21(27)17-6-4-12-29-17/h4,6,12,15-16,18-20H,3,5,7-11,13-14H2,1-2H3/t15-,16+,18-,19-,20+,23-,24+/m1/s1. The molecule has 0 bridgehead atoms. The summed E-state index contributed by atoms with van der Waals surface area (Å²) in [6.07, 6.45) is 6.25. The highest BCUT2D eigenvalue weighted by Crippen LogP contribution is 2.70. The summed E-state index contributed by atoms with van der Waals surface area (Å²) in [6.45, 7) is 8.21. The van der Waals surface area contributed by atoms with Crippen LogP contribution in [0.4, 0.5) is 0 Å². The molecule has 5 aliphatic rings. The van der Waals surface area contributed by atoms with Crippen molar-refractivity contribution in [1.29, 1.82) is 0 Å². The molecule has 2 saturated carbocycles. The number of nitrogens with zero attached hydrogens (tertiary/aromatic N) is 2. The van der Waals surface area contributed by atoms with Gasteiger partial charge in [-0.1, -0.05) is 20.3 Å². The molecule has 1 aromatic rings. The van der Waals surface area contributed by atoms with Crippen LogP contribution >= 0.6 is 0 Å². The van der Waals surface area contributed by atoms with Crippen LogP contribution in [0.2, 0.25) is 0 Å². The van der Waals surface area contributed by atoms with Gasteiger partial charge in [-0.15, -0.1) is 0 Å². The first-order chi connectivity index (χ1) is 14.9. The number of carbonyl (C=O) groups is 2. The molecule has 1 amide bonds. The van der Waals surface area contributed by atoms with Crippen LogP contribution in [0.1, 0.15) is 50.1 Å². The lowest BCUT2D eigenvalue weighted by Crippen LogP contribution is -2.55. The number of rotatable bonds is 3. The summed E-state index contributed by atoms with van der Waals surface area (Å²) >= 11 is 0. The van der Waals surface area contributed by atoms with E-state index in [2.05, 4.69) is 18.7 Å². The van der Waals surface area contributed by atoms with E-state index >= 15 is 0 Å². The largest absolute Gasteiger partial charge is 0.462 e. The summed E-state index contributed by atoms with van der Waals surface area (Å²) in [5.41, 5.74) is 0.0797. The quantitative estimate of drug-likeness (QED) is 0.544. The van der Waals surface area contributed by atoms with Gasteiger partial charge in [0.2, 0.25) is 0 Å². The average Bonchev–Trinajstić information content (AvgIpc) is 3.13. The van der Waals surface area contributed by atoms with Gasteiger partial charge in [-0.05, 0) is 37.3 Å². The van der Waals surface area contributed by atoms with Gasteiger partial charge in [0, 0.05) is 44.1 Å². The van der Waals surface area contributed by atoms with Crippen LogP contribution in [0, 0.1) is 23.2 Å². The molecule has 7 heteroatoms. The molecule has 31 heavy (non-hydrogen) atoms. The van der Waals surface area contributed by atoms with Gasteiger partial charge in [-0.25, -0.2) is 0 Å². The molecule has 0 radical (unpaired) electrons. The van der Waals surface area contributed by atoms with Crippen molar-refractivity contribution in [2.24, 2.45) is 23.2 Å². The molecule has 168 valence electrons. The van der Waals surface area contributed by atoms with Gasteiger partial charge in [-0.2, -0.15) is 0 Å². The summed E-state index contributed by atoms with van der Waals surface area (Å²) in [5.74, 6) is 0.869. The summed E-state index contributed by atoms with van der Waals surface area (Å²) in [4.78, 5) is 29.6. The third-order valence-electron chi connectivity index (χ3n) is 9.04. The van der Waals surface area contributed by atoms with Crippen LogP contribution in [-0.4, -0.2) is 72.2 Å². The molecule has 0 N–H and O–H groups in total. The number of fused-ring (bicyclic) bond motifs is 2. The SMILES string of the molecule is C[C@@H]1CCC[C@]2(C)C[C@H]3OC(=O)[C@@H](CN4CCN(C(=O)c5ccco5)CC4)[C@H]3[C@@H]3O[C@@]132. The van der Waals surface area contributed by atoms with E-state index in [0.29, 0.717) is 31.3 Å². The predicted octanol–water partition coefficient (Wildman–Crippen LogP) is 2.56. The second kappa shape index (κ2) is 6.82. The number of ether oxygens (including phenoxy) is 2. The van der Waals surface area contributed by atoms with E-state index in [-0.39, 0.29) is 46.9 Å². The fourth-order valence-electron chi connectivity index (χ4n) is 7.41. The minimum Gasteiger partial charge on any atom is -0.462 e. The molecule has 5 fully saturated rings. The van der Waals surface area contributed by atoms with Gasteiger partial charge in [0.05, 0.1) is 18.3 Å². The smallest absolute Gasteiger partial charge is 0.311 e. The van der Waals surface area contributed by atoms with Gasteiger partial charge < -0.3 is 18.8 Å². The molecule has 1 spiro atoms. The Morgan fingerprint density at radius 1 is 1.26 bits per heavy atom. The maximum atomic E-state index is 12.9. The van der Waals surface area contributed by atoms with Crippen molar-refractivity contribution in [3.63, 3.8) is 0 Å². The molecule has 1 aromatic heterocycles. The first kappa shape index (κ1) is 19.8. The van der Waals surface area contributed by atoms with Gasteiger partial charge in [0.15, 0.2) is 5.76 Å². The van der Waals surface area contributed by atoms with Gasteiger partial charge in [0.25, 0.3) is 5.91 Å². The van der Waals surface area contributed by atoms with E-state index < -0.39 is 0 Å². The number of carbonyl (C=O) groups excluding carboxylic acids is 2. The Balaban J connectivity index is 1.13. The minimum absolute atomic E-state index is 0.00440. The predicted molar refractivity (Wildman–Crippen MR) is 111 cm³/mol. The number of epoxide rings is 1. The molecule has 2 aliphatic carbocycles. The highest BCUT2D eigenvalue weighted by molar-refractivity contribution is 5.91. The Bertz CT molecular complexity index is 879. The number of hydrogen-bond acceptors (Lipinski definition) is 6. The van der Waals surface area contributed by atoms with Crippen molar-refractivity contribution in [2.75, 3.05) is 32.7 Å². The summed E-state index contributed by atoms with van der Waals surface area (Å²) < 4.78 is 17.7. The third kappa shape index (κ3) is 2.78. The van der Waals surface area contributed by atoms with Gasteiger partial charge in [0.1, 0.15) is 11.7 Å². The number of hydrogen-bond donors (Lipinski definition) is 0. The zero-order valence-electron chi connectivity index (χ0n) is 18.4. The van der Waals surface area contributed by atoms with E-state index in [1.54, 1.807) is 12.1 Å². The number of esters is 1. The molecule has 0 aromatic carbocycles. The Kier molecular flexibility index (Phi) is 4.35. The average molecular weight is 429 g/mol. The van der Waals surface area contributed by atoms with Crippen LogP contribution in [0.25, 0.3) is 0 Å². The number of piperazine rings is 1. The maximum absolute atomic E-state index is 12.9. The van der Waals surface area contributed by atoms with Crippen LogP contribution in [0.3, 0.4) is 0 Å². The molecule has 6 rings (SSSR count). The van der Waals surface area contributed by atoms with Gasteiger partial charge >= 0.3 is 5.97 Å². The van der Waals surface area contributed by atoms with Crippen molar-refractivity contribution in [3.05, 3.63) is 24.2 Å². The topological polar surface area (TPSA) is 75.5 Å². The van der Waals surface area contributed by atoms with E-state index in [1.165, 1.54) is 25.5 Å². The van der Waals surface area contributed by atoms with Crippen molar-refractivity contribution < 1.29 is 23.5 Å². The molecule has 3 aliphatic heterocycles. The first-order valence-electron chi connectivity index (χ1n) is 11.9. The Labute approximate surface area is 183 Å². The van der Waals surface area contributed by atoms with E-state index in [4.69, 9.17) is 13.9 Å². The van der Waals surface area contributed by atoms with Crippen LogP contribution < -0.4 is 0 Å². The Hall–Kier alpha value is -1.86. The second-order valence-corrected chi connectivity index (χ2v) is 10.6. The number of amides is 1. The van der Waals surface area contributed by atoms with E-state index in [1.807, 2.05) is 4.90 Å². The molecule has 3 saturated heterocycles. The molecule has 7 nitrogen and oxygen atoms in total. The van der Waals surface area contributed by atoms with Crippen LogP contribution in [-0.2, 0) is 14.3 Å². The lowest BCUT2D eigenvalue weighted by atomic mass is 9.53. The van der Waals surface area contributed by atoms with Crippen molar-refractivity contribution in [2.45, 2.75) is 57.3 Å². The summed E-state index contributed by atoms with van der Waals surface area (Å²) in [6, 6.07) is 3.44.